The monoisotopic (exact) mass is 611 g/mol. The lowest BCUT2D eigenvalue weighted by atomic mass is 9.97. The second-order valence-corrected chi connectivity index (χ2v) is 8.85. The van der Waals surface area contributed by atoms with Crippen molar-refractivity contribution in [3.8, 4) is 0 Å². The van der Waals surface area contributed by atoms with Crippen molar-refractivity contribution in [1.82, 2.24) is 4.90 Å². The van der Waals surface area contributed by atoms with Gasteiger partial charge >= 0.3 is 24.6 Å². The van der Waals surface area contributed by atoms with Crippen molar-refractivity contribution in [3.05, 3.63) is 67.3 Å². The summed E-state index contributed by atoms with van der Waals surface area (Å²) >= 11 is 1.80. The Bertz CT molecular complexity index is 1080. The fraction of sp³-hybridized carbons (Fsp3) is 0.381. The van der Waals surface area contributed by atoms with E-state index in [1.807, 2.05) is 0 Å². The summed E-state index contributed by atoms with van der Waals surface area (Å²) in [6.45, 7) is 2.39. The molecule has 0 bridgehead atoms. The summed E-state index contributed by atoms with van der Waals surface area (Å²) < 4.78 is 124. The van der Waals surface area contributed by atoms with Gasteiger partial charge in [0.2, 0.25) is 0 Å². The number of hydrogen-bond donors (Lipinski definition) is 0. The summed E-state index contributed by atoms with van der Waals surface area (Å²) in [7, 11) is 0. The normalized spacial score (nSPS) is 19.5. The molecular formula is C21H15F9INO2. The molecule has 0 aliphatic carbocycles. The number of benzene rings is 2. The van der Waals surface area contributed by atoms with Crippen molar-refractivity contribution in [2.75, 3.05) is 0 Å². The molecule has 34 heavy (non-hydrogen) atoms. The van der Waals surface area contributed by atoms with Crippen LogP contribution in [0.2, 0.25) is 0 Å². The van der Waals surface area contributed by atoms with Crippen molar-refractivity contribution in [2.45, 2.75) is 51.1 Å². The lowest BCUT2D eigenvalue weighted by Crippen LogP contribution is -2.32. The summed E-state index contributed by atoms with van der Waals surface area (Å²) in [5.41, 5.74) is -4.22. The van der Waals surface area contributed by atoms with E-state index in [1.54, 1.807) is 22.6 Å². The number of nitrogens with zero attached hydrogens (tertiary/aromatic N) is 1. The minimum Gasteiger partial charge on any atom is -0.439 e. The highest BCUT2D eigenvalue weighted by Gasteiger charge is 2.43. The summed E-state index contributed by atoms with van der Waals surface area (Å²) in [6, 6.07) is 1.59. The molecule has 1 aliphatic rings. The Labute approximate surface area is 201 Å². The molecule has 13 heteroatoms. The van der Waals surface area contributed by atoms with Crippen molar-refractivity contribution in [2.24, 2.45) is 0 Å². The van der Waals surface area contributed by atoms with Crippen LogP contribution in [0.1, 0.15) is 46.4 Å². The van der Waals surface area contributed by atoms with Crippen LogP contribution in [0.5, 0.6) is 0 Å². The number of cyclic esters (lactones) is 1. The zero-order chi connectivity index (χ0) is 25.8. The number of halogens is 10. The van der Waals surface area contributed by atoms with Gasteiger partial charge in [-0.2, -0.15) is 39.5 Å². The van der Waals surface area contributed by atoms with Crippen LogP contribution < -0.4 is 0 Å². The quantitative estimate of drug-likeness (QED) is 0.263. The second kappa shape index (κ2) is 8.79. The van der Waals surface area contributed by atoms with Crippen LogP contribution in [-0.2, 0) is 29.8 Å². The molecule has 3 rings (SSSR count). The zero-order valence-electron chi connectivity index (χ0n) is 17.3. The number of rotatable bonds is 3. The molecule has 2 aromatic rings. The minimum atomic E-state index is -5.09. The molecule has 3 nitrogen and oxygen atoms in total. The van der Waals surface area contributed by atoms with E-state index in [0.29, 0.717) is 15.7 Å². The number of alkyl halides is 9. The first kappa shape index (κ1) is 26.4. The third kappa shape index (κ3) is 5.38. The third-order valence-corrected chi connectivity index (χ3v) is 6.87. The maximum atomic E-state index is 13.2. The SMILES string of the molecule is Cc1cc(C(F)(F)F)cc(CN2C(=O)O[C@H](c3cc(C(F)(F)F)cc(C(F)(F)F)c3)[C@@H]2C)c1I. The smallest absolute Gasteiger partial charge is 0.416 e. The predicted molar refractivity (Wildman–Crippen MR) is 110 cm³/mol. The van der Waals surface area contributed by atoms with E-state index in [1.165, 1.54) is 13.8 Å². The van der Waals surface area contributed by atoms with Crippen molar-refractivity contribution < 1.29 is 49.0 Å². The Hall–Kier alpha value is -2.19. The van der Waals surface area contributed by atoms with Gasteiger partial charge in [-0.3, -0.25) is 4.90 Å². The van der Waals surface area contributed by atoms with E-state index in [2.05, 4.69) is 0 Å². The number of amides is 1. The highest BCUT2D eigenvalue weighted by Crippen LogP contribution is 2.41. The summed E-state index contributed by atoms with van der Waals surface area (Å²) in [4.78, 5) is 13.4. The first-order chi connectivity index (χ1) is 15.4. The molecule has 1 fully saturated rings. The predicted octanol–water partition coefficient (Wildman–Crippen LogP) is 7.74. The van der Waals surface area contributed by atoms with Gasteiger partial charge in [0, 0.05) is 3.57 Å². The number of carbonyl (C=O) groups is 1. The van der Waals surface area contributed by atoms with Gasteiger partial charge in [0.15, 0.2) is 0 Å². The summed E-state index contributed by atoms with van der Waals surface area (Å²) in [6.07, 6.45) is -17.4. The molecule has 2 aromatic carbocycles. The fourth-order valence-corrected chi connectivity index (χ4v) is 4.09. The van der Waals surface area contributed by atoms with Gasteiger partial charge < -0.3 is 4.74 Å². The number of ether oxygens (including phenoxy) is 1. The lowest BCUT2D eigenvalue weighted by Gasteiger charge is -2.23. The molecule has 1 heterocycles. The highest BCUT2D eigenvalue weighted by atomic mass is 127. The number of carbonyl (C=O) groups excluding carboxylic acids is 1. The van der Waals surface area contributed by atoms with Gasteiger partial charge in [-0.05, 0) is 83.5 Å². The average Bonchev–Trinajstić information content (AvgIpc) is 2.97. The molecule has 0 unspecified atom stereocenters. The van der Waals surface area contributed by atoms with Crippen LogP contribution in [0, 0.1) is 10.5 Å². The van der Waals surface area contributed by atoms with E-state index in [4.69, 9.17) is 4.74 Å². The molecule has 0 spiro atoms. The van der Waals surface area contributed by atoms with E-state index in [0.717, 1.165) is 17.0 Å². The van der Waals surface area contributed by atoms with Crippen LogP contribution in [0.3, 0.4) is 0 Å². The maximum absolute atomic E-state index is 13.2. The van der Waals surface area contributed by atoms with Gasteiger partial charge in [-0.1, -0.05) is 0 Å². The first-order valence-electron chi connectivity index (χ1n) is 9.52. The molecule has 1 aliphatic heterocycles. The summed E-state index contributed by atoms with van der Waals surface area (Å²) in [5, 5.41) is 0. The van der Waals surface area contributed by atoms with Crippen molar-refractivity contribution in [1.29, 1.82) is 0 Å². The molecule has 1 amide bonds. The summed E-state index contributed by atoms with van der Waals surface area (Å²) in [5.74, 6) is 0. The standard InChI is InChI=1S/C21H15F9INO2/c1-9-3-13(19(22,23)24)6-12(16(9)31)8-32-10(2)17(34-18(32)33)11-4-14(20(25,26)27)7-15(5-11)21(28,29)30/h3-7,10,17H,8H2,1-2H3/t10-,17-/m0/s1. The topological polar surface area (TPSA) is 29.5 Å². The Morgan fingerprint density at radius 1 is 0.853 bits per heavy atom. The van der Waals surface area contributed by atoms with Crippen LogP contribution in [0.25, 0.3) is 0 Å². The van der Waals surface area contributed by atoms with Gasteiger partial charge in [0.05, 0.1) is 29.3 Å². The Morgan fingerprint density at radius 3 is 1.79 bits per heavy atom. The molecular weight excluding hydrogens is 596 g/mol. The van der Waals surface area contributed by atoms with E-state index < -0.39 is 59.0 Å². The van der Waals surface area contributed by atoms with Gasteiger partial charge in [0.1, 0.15) is 6.10 Å². The van der Waals surface area contributed by atoms with Crippen LogP contribution in [0.4, 0.5) is 44.3 Å². The van der Waals surface area contributed by atoms with Gasteiger partial charge in [0.25, 0.3) is 0 Å². The second-order valence-electron chi connectivity index (χ2n) is 7.78. The molecule has 186 valence electrons. The van der Waals surface area contributed by atoms with E-state index >= 15 is 0 Å². The minimum absolute atomic E-state index is 0.0452. The van der Waals surface area contributed by atoms with E-state index in [-0.39, 0.29) is 23.7 Å². The molecule has 0 saturated carbocycles. The van der Waals surface area contributed by atoms with Crippen LogP contribution >= 0.6 is 22.6 Å². The maximum Gasteiger partial charge on any atom is 0.416 e. The lowest BCUT2D eigenvalue weighted by molar-refractivity contribution is -0.143. The van der Waals surface area contributed by atoms with Crippen molar-refractivity contribution >= 4 is 28.7 Å². The molecule has 2 atom stereocenters. The van der Waals surface area contributed by atoms with Crippen LogP contribution in [0.15, 0.2) is 30.3 Å². The van der Waals surface area contributed by atoms with Gasteiger partial charge in [-0.15, -0.1) is 0 Å². The van der Waals surface area contributed by atoms with Crippen molar-refractivity contribution in [3.63, 3.8) is 0 Å². The zero-order valence-corrected chi connectivity index (χ0v) is 19.4. The van der Waals surface area contributed by atoms with Gasteiger partial charge in [-0.25, -0.2) is 4.79 Å². The molecule has 0 aromatic heterocycles. The van der Waals surface area contributed by atoms with E-state index in [9.17, 15) is 44.3 Å². The number of aryl methyl sites for hydroxylation is 1. The largest absolute Gasteiger partial charge is 0.439 e. The molecule has 1 saturated heterocycles. The fourth-order valence-electron chi connectivity index (χ4n) is 3.61. The first-order valence-corrected chi connectivity index (χ1v) is 10.6. The Kier molecular flexibility index (Phi) is 6.83. The average molecular weight is 611 g/mol. The number of hydrogen-bond acceptors (Lipinski definition) is 2. The highest BCUT2D eigenvalue weighted by molar-refractivity contribution is 14.1. The molecule has 0 radical (unpaired) electrons. The third-order valence-electron chi connectivity index (χ3n) is 5.33. The molecule has 0 N–H and O–H groups in total. The Balaban J connectivity index is 1.99. The Morgan fingerprint density at radius 2 is 1.32 bits per heavy atom. The van der Waals surface area contributed by atoms with Crippen LogP contribution in [-0.4, -0.2) is 17.0 Å².